The molecular formula is C21H31N3O5S. The van der Waals surface area contributed by atoms with Crippen molar-refractivity contribution in [3.8, 4) is 0 Å². The van der Waals surface area contributed by atoms with Gasteiger partial charge in [-0.2, -0.15) is 0 Å². The zero-order chi connectivity index (χ0) is 21.6. The summed E-state index contributed by atoms with van der Waals surface area (Å²) in [5, 5.41) is 14.8. The van der Waals surface area contributed by atoms with Crippen molar-refractivity contribution in [2.45, 2.75) is 55.0 Å². The molecule has 3 N–H and O–H groups in total. The lowest BCUT2D eigenvalue weighted by molar-refractivity contribution is -0.134. The maximum Gasteiger partial charge on any atom is 0.240 e. The molecular weight excluding hydrogens is 406 g/mol. The number of carbonyl (C=O) groups excluding carboxylic acids is 2. The molecule has 2 aliphatic rings. The van der Waals surface area contributed by atoms with Crippen molar-refractivity contribution in [2.24, 2.45) is 0 Å². The molecule has 166 valence electrons. The van der Waals surface area contributed by atoms with Gasteiger partial charge in [-0.15, -0.1) is 0 Å². The molecule has 0 unspecified atom stereocenters. The molecule has 0 saturated carbocycles. The van der Waals surface area contributed by atoms with E-state index in [2.05, 4.69) is 15.5 Å². The summed E-state index contributed by atoms with van der Waals surface area (Å²) in [7, 11) is -3.50. The second-order valence-corrected chi connectivity index (χ2v) is 10.2. The van der Waals surface area contributed by atoms with Gasteiger partial charge in [-0.05, 0) is 50.8 Å². The van der Waals surface area contributed by atoms with Crippen molar-refractivity contribution in [2.75, 3.05) is 32.0 Å². The van der Waals surface area contributed by atoms with Crippen molar-refractivity contribution < 1.29 is 23.1 Å². The first-order valence-corrected chi connectivity index (χ1v) is 12.2. The highest BCUT2D eigenvalue weighted by Crippen LogP contribution is 2.38. The number of hydrogen-bond acceptors (Lipinski definition) is 6. The van der Waals surface area contributed by atoms with Crippen LogP contribution in [-0.2, 0) is 19.4 Å². The van der Waals surface area contributed by atoms with E-state index in [0.717, 1.165) is 25.8 Å². The highest BCUT2D eigenvalue weighted by Gasteiger charge is 2.51. The second-order valence-electron chi connectivity index (χ2n) is 8.12. The third-order valence-corrected chi connectivity index (χ3v) is 7.74. The number of aliphatic hydroxyl groups is 1. The molecule has 2 saturated heterocycles. The molecule has 8 nitrogen and oxygen atoms in total. The Labute approximate surface area is 177 Å². The summed E-state index contributed by atoms with van der Waals surface area (Å²) in [5.41, 5.74) is -0.623. The normalized spacial score (nSPS) is 24.2. The zero-order valence-corrected chi connectivity index (χ0v) is 18.0. The van der Waals surface area contributed by atoms with E-state index in [1.165, 1.54) is 12.1 Å². The molecule has 2 fully saturated rings. The number of nitrogens with one attached hydrogen (secondary N) is 2. The fourth-order valence-electron chi connectivity index (χ4n) is 4.49. The fraction of sp³-hybridized carbons (Fsp3) is 0.619. The minimum absolute atomic E-state index is 0.0293. The summed E-state index contributed by atoms with van der Waals surface area (Å²) in [6.45, 7) is 1.85. The number of piperidine rings is 1. The van der Waals surface area contributed by atoms with Gasteiger partial charge in [-0.1, -0.05) is 18.2 Å². The van der Waals surface area contributed by atoms with Gasteiger partial charge >= 0.3 is 0 Å². The lowest BCUT2D eigenvalue weighted by Crippen LogP contribution is -2.57. The largest absolute Gasteiger partial charge is 0.396 e. The number of sulfone groups is 1. The van der Waals surface area contributed by atoms with Crippen LogP contribution in [0.1, 0.15) is 38.5 Å². The highest BCUT2D eigenvalue weighted by molar-refractivity contribution is 7.91. The number of hydrogen-bond donors (Lipinski definition) is 3. The van der Waals surface area contributed by atoms with Crippen LogP contribution in [0.25, 0.3) is 0 Å². The summed E-state index contributed by atoms with van der Waals surface area (Å²) >= 11 is 0. The number of amides is 2. The van der Waals surface area contributed by atoms with Crippen molar-refractivity contribution in [3.05, 3.63) is 30.3 Å². The van der Waals surface area contributed by atoms with Gasteiger partial charge in [0, 0.05) is 32.2 Å². The maximum atomic E-state index is 12.9. The molecule has 0 aromatic heterocycles. The van der Waals surface area contributed by atoms with E-state index < -0.39 is 15.4 Å². The van der Waals surface area contributed by atoms with Crippen molar-refractivity contribution in [1.29, 1.82) is 0 Å². The smallest absolute Gasteiger partial charge is 0.240 e. The lowest BCUT2D eigenvalue weighted by Gasteiger charge is -2.40. The first-order chi connectivity index (χ1) is 14.4. The molecule has 0 aliphatic carbocycles. The SMILES string of the molecule is O=C(CCS(=O)(=O)c1ccccc1)N[C@@H]1CN2CCCC[C@@]2(C(=O)NCCCO)C1. The van der Waals surface area contributed by atoms with E-state index in [1.807, 2.05) is 0 Å². The molecule has 9 heteroatoms. The molecule has 2 heterocycles. The molecule has 3 rings (SSSR count). The standard InChI is InChI=1S/C21H31N3O5S/c25-13-6-11-22-20(27)21-10-4-5-12-24(21)16-17(15-21)23-19(26)9-14-30(28,29)18-7-2-1-3-8-18/h1-3,7-8,17,25H,4-6,9-16H2,(H,22,27)(H,23,26)/t17-,21-/m0/s1. The first kappa shape index (κ1) is 22.7. The molecule has 2 amide bonds. The maximum absolute atomic E-state index is 12.9. The molecule has 30 heavy (non-hydrogen) atoms. The van der Waals surface area contributed by atoms with Gasteiger partial charge in [0.1, 0.15) is 5.54 Å². The van der Waals surface area contributed by atoms with Gasteiger partial charge in [0.15, 0.2) is 9.84 Å². The summed E-state index contributed by atoms with van der Waals surface area (Å²) in [5.74, 6) is -0.597. The molecule has 1 aromatic rings. The Bertz CT molecular complexity index is 845. The Kier molecular flexibility index (Phi) is 7.49. The molecule has 0 spiro atoms. The average Bonchev–Trinajstić information content (AvgIpc) is 3.12. The Morgan fingerprint density at radius 2 is 1.97 bits per heavy atom. The van der Waals surface area contributed by atoms with Gasteiger partial charge in [0.25, 0.3) is 0 Å². The number of fused-ring (bicyclic) bond motifs is 1. The topological polar surface area (TPSA) is 116 Å². The van der Waals surface area contributed by atoms with Crippen LogP contribution in [-0.4, -0.2) is 73.8 Å². The highest BCUT2D eigenvalue weighted by atomic mass is 32.2. The predicted molar refractivity (Wildman–Crippen MR) is 113 cm³/mol. The van der Waals surface area contributed by atoms with Crippen LogP contribution in [0.5, 0.6) is 0 Å². The third kappa shape index (κ3) is 5.19. The Morgan fingerprint density at radius 3 is 2.70 bits per heavy atom. The molecule has 2 atom stereocenters. The second kappa shape index (κ2) is 9.89. The average molecular weight is 438 g/mol. The van der Waals surface area contributed by atoms with E-state index in [9.17, 15) is 18.0 Å². The number of rotatable bonds is 9. The predicted octanol–water partition coefficient (Wildman–Crippen LogP) is 0.462. The third-order valence-electron chi connectivity index (χ3n) is 6.01. The van der Waals surface area contributed by atoms with Crippen LogP contribution < -0.4 is 10.6 Å². The Balaban J connectivity index is 1.56. The summed E-state index contributed by atoms with van der Waals surface area (Å²) < 4.78 is 24.8. The van der Waals surface area contributed by atoms with Gasteiger partial charge in [0.2, 0.25) is 11.8 Å². The van der Waals surface area contributed by atoms with E-state index >= 15 is 0 Å². The Hall–Kier alpha value is -1.97. The first-order valence-electron chi connectivity index (χ1n) is 10.6. The molecule has 0 bridgehead atoms. The van der Waals surface area contributed by atoms with E-state index in [4.69, 9.17) is 5.11 Å². The minimum Gasteiger partial charge on any atom is -0.396 e. The van der Waals surface area contributed by atoms with E-state index in [1.54, 1.807) is 18.2 Å². The van der Waals surface area contributed by atoms with E-state index in [0.29, 0.717) is 25.9 Å². The van der Waals surface area contributed by atoms with Crippen molar-refractivity contribution in [1.82, 2.24) is 15.5 Å². The van der Waals surface area contributed by atoms with Gasteiger partial charge in [-0.25, -0.2) is 8.42 Å². The van der Waals surface area contributed by atoms with Crippen molar-refractivity contribution >= 4 is 21.7 Å². The number of carbonyl (C=O) groups is 2. The van der Waals surface area contributed by atoms with Crippen LogP contribution in [0.15, 0.2) is 35.2 Å². The lowest BCUT2D eigenvalue weighted by atomic mass is 9.84. The van der Waals surface area contributed by atoms with Crippen LogP contribution >= 0.6 is 0 Å². The number of nitrogens with zero attached hydrogens (tertiary/aromatic N) is 1. The van der Waals surface area contributed by atoms with Crippen LogP contribution in [0.4, 0.5) is 0 Å². The summed E-state index contributed by atoms with van der Waals surface area (Å²) in [6, 6.07) is 7.94. The monoisotopic (exact) mass is 437 g/mol. The van der Waals surface area contributed by atoms with Crippen LogP contribution in [0.2, 0.25) is 0 Å². The summed E-state index contributed by atoms with van der Waals surface area (Å²) in [4.78, 5) is 27.7. The van der Waals surface area contributed by atoms with Crippen molar-refractivity contribution in [3.63, 3.8) is 0 Å². The summed E-state index contributed by atoms with van der Waals surface area (Å²) in [6.07, 6.45) is 3.64. The van der Waals surface area contributed by atoms with Gasteiger partial charge in [0.05, 0.1) is 10.6 Å². The number of benzene rings is 1. The minimum atomic E-state index is -3.50. The van der Waals surface area contributed by atoms with Gasteiger partial charge in [-0.3, -0.25) is 14.5 Å². The quantitative estimate of drug-likeness (QED) is 0.484. The molecule has 1 aromatic carbocycles. The van der Waals surface area contributed by atoms with Crippen LogP contribution in [0, 0.1) is 0 Å². The van der Waals surface area contributed by atoms with Crippen LogP contribution in [0.3, 0.4) is 0 Å². The number of aliphatic hydroxyl groups excluding tert-OH is 1. The fourth-order valence-corrected chi connectivity index (χ4v) is 5.75. The zero-order valence-electron chi connectivity index (χ0n) is 17.2. The van der Waals surface area contributed by atoms with E-state index in [-0.39, 0.29) is 41.5 Å². The Morgan fingerprint density at radius 1 is 1.20 bits per heavy atom. The molecule has 2 aliphatic heterocycles. The van der Waals surface area contributed by atoms with Gasteiger partial charge < -0.3 is 15.7 Å². The molecule has 0 radical (unpaired) electrons.